The van der Waals surface area contributed by atoms with Gasteiger partial charge in [-0.1, -0.05) is 20.8 Å². The van der Waals surface area contributed by atoms with Gasteiger partial charge in [-0.05, 0) is 56.4 Å². The third-order valence-corrected chi connectivity index (χ3v) is 4.64. The van der Waals surface area contributed by atoms with Crippen molar-refractivity contribution in [3.63, 3.8) is 0 Å². The van der Waals surface area contributed by atoms with Crippen LogP contribution in [0.2, 0.25) is 0 Å². The average Bonchev–Trinajstić information content (AvgIpc) is 2.44. The first-order valence-corrected chi connectivity index (χ1v) is 8.68. The molecule has 0 fully saturated rings. The molecule has 0 aliphatic carbocycles. The Morgan fingerprint density at radius 1 is 1.04 bits per heavy atom. The van der Waals surface area contributed by atoms with Gasteiger partial charge in [0.2, 0.25) is 0 Å². The van der Waals surface area contributed by atoms with Crippen molar-refractivity contribution in [1.82, 2.24) is 4.72 Å². The summed E-state index contributed by atoms with van der Waals surface area (Å²) in [6.45, 7) is 11.9. The fourth-order valence-corrected chi connectivity index (χ4v) is 2.48. The second-order valence-corrected chi connectivity index (χ2v) is 9.32. The molecule has 0 bridgehead atoms. The molecule has 1 N–H and O–H groups in total. The highest BCUT2D eigenvalue weighted by molar-refractivity contribution is 7.84. The van der Waals surface area contributed by atoms with Gasteiger partial charge in [0.15, 0.2) is 0 Å². The predicted octanol–water partition coefficient (Wildman–Crippen LogP) is 3.50. The van der Waals surface area contributed by atoms with Gasteiger partial charge in [0.25, 0.3) is 0 Å². The van der Waals surface area contributed by atoms with Crippen molar-refractivity contribution in [2.45, 2.75) is 52.3 Å². The molecule has 0 spiro atoms. The van der Waals surface area contributed by atoms with Crippen LogP contribution < -0.4 is 14.2 Å². The molecule has 23 heavy (non-hydrogen) atoms. The molecular formula is C18H27NO3S. The fourth-order valence-electron chi connectivity index (χ4n) is 1.50. The van der Waals surface area contributed by atoms with E-state index >= 15 is 0 Å². The molecule has 0 aliphatic rings. The first-order chi connectivity index (χ1) is 10.5. The smallest absolute Gasteiger partial charge is 0.140 e. The first-order valence-electron chi connectivity index (χ1n) is 7.53. The monoisotopic (exact) mass is 337 g/mol. The van der Waals surface area contributed by atoms with E-state index in [1.807, 2.05) is 53.7 Å². The van der Waals surface area contributed by atoms with Gasteiger partial charge in [-0.2, -0.15) is 0 Å². The molecule has 4 nitrogen and oxygen atoms in total. The zero-order valence-corrected chi connectivity index (χ0v) is 15.8. The van der Waals surface area contributed by atoms with E-state index in [0.29, 0.717) is 5.75 Å². The van der Waals surface area contributed by atoms with E-state index in [1.165, 1.54) is 0 Å². The van der Waals surface area contributed by atoms with Gasteiger partial charge < -0.3 is 9.47 Å². The van der Waals surface area contributed by atoms with Crippen LogP contribution in [0.3, 0.4) is 0 Å². The van der Waals surface area contributed by atoms with Crippen molar-refractivity contribution in [1.29, 1.82) is 0 Å². The third kappa shape index (κ3) is 6.64. The zero-order chi connectivity index (χ0) is 17.7. The zero-order valence-electron chi connectivity index (χ0n) is 15.0. The van der Waals surface area contributed by atoms with Crippen LogP contribution in [-0.4, -0.2) is 22.1 Å². The van der Waals surface area contributed by atoms with Crippen LogP contribution in [0.25, 0.3) is 0 Å². The van der Waals surface area contributed by atoms with Crippen LogP contribution in [0.1, 0.15) is 41.5 Å². The van der Waals surface area contributed by atoms with E-state index in [4.69, 9.17) is 9.47 Å². The lowest BCUT2D eigenvalue weighted by Crippen LogP contribution is -2.45. The molecule has 0 saturated heterocycles. The van der Waals surface area contributed by atoms with E-state index in [-0.39, 0.29) is 16.2 Å². The maximum Gasteiger partial charge on any atom is 0.140 e. The molecule has 0 heterocycles. The summed E-state index contributed by atoms with van der Waals surface area (Å²) in [4.78, 5) is 0. The molecule has 5 heteroatoms. The van der Waals surface area contributed by atoms with E-state index in [9.17, 15) is 4.21 Å². The molecule has 1 aromatic carbocycles. The van der Waals surface area contributed by atoms with Crippen LogP contribution in [0.4, 0.5) is 0 Å². The maximum absolute atomic E-state index is 12.3. The molecule has 1 rings (SSSR count). The quantitative estimate of drug-likeness (QED) is 0.856. The lowest BCUT2D eigenvalue weighted by Gasteiger charge is -2.29. The lowest BCUT2D eigenvalue weighted by atomic mass is 9.88. The van der Waals surface area contributed by atoms with Gasteiger partial charge in [-0.15, -0.1) is 0 Å². The second-order valence-electron chi connectivity index (χ2n) is 7.32. The molecule has 0 amide bonds. The minimum Gasteiger partial charge on any atom is -0.497 e. The van der Waals surface area contributed by atoms with Crippen molar-refractivity contribution in [2.24, 2.45) is 5.41 Å². The summed E-state index contributed by atoms with van der Waals surface area (Å²) in [6, 6.07) is 6.96. The standard InChI is InChI=1S/C18H27NO3S/c1-17(2,3)16(19-23(20)18(4,5)6)12-13-22-15-10-8-14(21-7)9-11-15/h8-11,16,19H,1-7H3. The van der Waals surface area contributed by atoms with E-state index in [1.54, 1.807) is 19.2 Å². The van der Waals surface area contributed by atoms with Gasteiger partial charge in [0, 0.05) is 0 Å². The number of nitrogens with one attached hydrogen (secondary N) is 1. The SMILES string of the molecule is COc1ccc(OC#CC(NS(=O)C(C)(C)C)C(C)(C)C)cc1. The summed E-state index contributed by atoms with van der Waals surface area (Å²) < 4.78 is 25.6. The Kier molecular flexibility index (Phi) is 6.67. The minimum atomic E-state index is -1.19. The number of hydrogen-bond acceptors (Lipinski definition) is 3. The fraction of sp³-hybridized carbons (Fsp3) is 0.556. The third-order valence-electron chi connectivity index (χ3n) is 3.08. The molecule has 1 aromatic rings. The lowest BCUT2D eigenvalue weighted by molar-refractivity contribution is 0.353. The Labute approximate surface area is 142 Å². The molecule has 2 unspecified atom stereocenters. The van der Waals surface area contributed by atoms with E-state index in [2.05, 4.69) is 16.7 Å². The molecule has 128 valence electrons. The largest absolute Gasteiger partial charge is 0.497 e. The number of benzene rings is 1. The van der Waals surface area contributed by atoms with Gasteiger partial charge in [-0.3, -0.25) is 0 Å². The highest BCUT2D eigenvalue weighted by Crippen LogP contribution is 2.21. The number of methoxy groups -OCH3 is 1. The normalized spacial score (nSPS) is 14.4. The average molecular weight is 337 g/mol. The number of hydrogen-bond donors (Lipinski definition) is 1. The predicted molar refractivity (Wildman–Crippen MR) is 95.7 cm³/mol. The molecule has 0 aromatic heterocycles. The minimum absolute atomic E-state index is 0.169. The first kappa shape index (κ1) is 19.5. The Morgan fingerprint density at radius 3 is 2.00 bits per heavy atom. The Balaban J connectivity index is 2.80. The van der Waals surface area contributed by atoms with Crippen LogP contribution >= 0.6 is 0 Å². The topological polar surface area (TPSA) is 47.6 Å². The highest BCUT2D eigenvalue weighted by atomic mass is 32.2. The van der Waals surface area contributed by atoms with Gasteiger partial charge in [0.1, 0.15) is 17.6 Å². The number of ether oxygens (including phenoxy) is 2. The van der Waals surface area contributed by atoms with E-state index in [0.717, 1.165) is 5.75 Å². The van der Waals surface area contributed by atoms with Crippen molar-refractivity contribution >= 4 is 11.0 Å². The Bertz CT molecular complexity index is 586. The molecule has 0 saturated carbocycles. The molecular weight excluding hydrogens is 310 g/mol. The Hall–Kier alpha value is -1.51. The summed E-state index contributed by atoms with van der Waals surface area (Å²) in [5.41, 5.74) is -0.169. The summed E-state index contributed by atoms with van der Waals surface area (Å²) in [6.07, 6.45) is 2.71. The van der Waals surface area contributed by atoms with Gasteiger partial charge in [-0.25, -0.2) is 8.93 Å². The van der Waals surface area contributed by atoms with Crippen molar-refractivity contribution in [3.8, 4) is 23.5 Å². The summed E-state index contributed by atoms with van der Waals surface area (Å²) in [5, 5.41) is 0. The van der Waals surface area contributed by atoms with Crippen LogP contribution in [-0.2, 0) is 11.0 Å². The second kappa shape index (κ2) is 7.85. The van der Waals surface area contributed by atoms with E-state index < -0.39 is 11.0 Å². The molecule has 0 aliphatic heterocycles. The van der Waals surface area contributed by atoms with Crippen LogP contribution in [0.5, 0.6) is 11.5 Å². The highest BCUT2D eigenvalue weighted by Gasteiger charge is 2.29. The summed E-state index contributed by atoms with van der Waals surface area (Å²) in [7, 11) is 0.425. The van der Waals surface area contributed by atoms with Crippen molar-refractivity contribution in [3.05, 3.63) is 24.3 Å². The van der Waals surface area contributed by atoms with Crippen LogP contribution in [0.15, 0.2) is 24.3 Å². The molecule has 2 atom stereocenters. The maximum atomic E-state index is 12.3. The number of rotatable bonds is 4. The van der Waals surface area contributed by atoms with Gasteiger partial charge in [0.05, 0.1) is 28.9 Å². The van der Waals surface area contributed by atoms with Crippen molar-refractivity contribution in [2.75, 3.05) is 7.11 Å². The van der Waals surface area contributed by atoms with Crippen molar-refractivity contribution < 1.29 is 13.7 Å². The molecule has 0 radical (unpaired) electrons. The van der Waals surface area contributed by atoms with Gasteiger partial charge >= 0.3 is 0 Å². The summed E-state index contributed by atoms with van der Waals surface area (Å²) >= 11 is 0. The van der Waals surface area contributed by atoms with Crippen LogP contribution in [0, 0.1) is 17.4 Å². The Morgan fingerprint density at radius 2 is 1.57 bits per heavy atom. The summed E-state index contributed by atoms with van der Waals surface area (Å²) in [5.74, 6) is 4.44.